The molecule has 90 valence electrons. The standard InChI is InChI=1S/C12H20N2O2/c15-12(16)14-4-3-10(7-14)13-11-6-8-1-2-9(11)5-8/h8-11,13H,1-7H2,(H,15,16)/t8?,9?,10-,11?/m0/s1. The van der Waals surface area contributed by atoms with Gasteiger partial charge in [0.1, 0.15) is 0 Å². The molecule has 2 bridgehead atoms. The van der Waals surface area contributed by atoms with Gasteiger partial charge < -0.3 is 15.3 Å². The molecule has 3 fully saturated rings. The van der Waals surface area contributed by atoms with Gasteiger partial charge in [0, 0.05) is 25.2 Å². The van der Waals surface area contributed by atoms with E-state index in [2.05, 4.69) is 5.32 Å². The first kappa shape index (κ1) is 10.4. The summed E-state index contributed by atoms with van der Waals surface area (Å²) in [5.41, 5.74) is 0. The third kappa shape index (κ3) is 1.79. The minimum atomic E-state index is -0.766. The fourth-order valence-electron chi connectivity index (χ4n) is 3.82. The fourth-order valence-corrected chi connectivity index (χ4v) is 3.82. The molecule has 3 unspecified atom stereocenters. The van der Waals surface area contributed by atoms with Crippen molar-refractivity contribution in [3.05, 3.63) is 0 Å². The molecule has 1 amide bonds. The van der Waals surface area contributed by atoms with E-state index < -0.39 is 6.09 Å². The molecule has 2 N–H and O–H groups in total. The maximum atomic E-state index is 10.8. The lowest BCUT2D eigenvalue weighted by molar-refractivity contribution is 0.154. The SMILES string of the molecule is O=C(O)N1CC[C@H](NC2CC3CCC2C3)C1. The van der Waals surface area contributed by atoms with E-state index in [-0.39, 0.29) is 0 Å². The molecule has 1 aliphatic heterocycles. The molecule has 2 aliphatic carbocycles. The quantitative estimate of drug-likeness (QED) is 0.747. The van der Waals surface area contributed by atoms with E-state index >= 15 is 0 Å². The fraction of sp³-hybridized carbons (Fsp3) is 0.917. The molecule has 2 saturated carbocycles. The Morgan fingerprint density at radius 1 is 1.25 bits per heavy atom. The molecule has 0 radical (unpaired) electrons. The van der Waals surface area contributed by atoms with Gasteiger partial charge in [0.2, 0.25) is 0 Å². The van der Waals surface area contributed by atoms with Crippen LogP contribution in [0.5, 0.6) is 0 Å². The van der Waals surface area contributed by atoms with Crippen LogP contribution >= 0.6 is 0 Å². The molecular weight excluding hydrogens is 204 g/mol. The predicted octanol–water partition coefficient (Wildman–Crippen LogP) is 1.52. The topological polar surface area (TPSA) is 52.6 Å². The number of nitrogens with zero attached hydrogens (tertiary/aromatic N) is 1. The normalized spacial score (nSPS) is 41.9. The number of carboxylic acid groups (broad SMARTS) is 1. The molecule has 4 heteroatoms. The summed E-state index contributed by atoms with van der Waals surface area (Å²) in [6, 6.07) is 1.08. The van der Waals surface area contributed by atoms with E-state index in [1.807, 2.05) is 0 Å². The van der Waals surface area contributed by atoms with Gasteiger partial charge in [-0.3, -0.25) is 0 Å². The highest BCUT2D eigenvalue weighted by molar-refractivity contribution is 5.65. The molecule has 0 aromatic rings. The number of carbonyl (C=O) groups is 1. The van der Waals surface area contributed by atoms with Gasteiger partial charge in [0.15, 0.2) is 0 Å². The summed E-state index contributed by atoms with van der Waals surface area (Å²) in [5.74, 6) is 1.84. The van der Waals surface area contributed by atoms with E-state index in [4.69, 9.17) is 5.11 Å². The number of fused-ring (bicyclic) bond motifs is 2. The minimum absolute atomic E-state index is 0.403. The summed E-state index contributed by atoms with van der Waals surface area (Å²) in [4.78, 5) is 12.3. The van der Waals surface area contributed by atoms with E-state index in [1.54, 1.807) is 0 Å². The molecule has 4 atom stereocenters. The molecule has 0 aromatic heterocycles. The van der Waals surface area contributed by atoms with Crippen molar-refractivity contribution in [2.24, 2.45) is 11.8 Å². The number of amides is 1. The van der Waals surface area contributed by atoms with Crippen LogP contribution in [0.3, 0.4) is 0 Å². The summed E-state index contributed by atoms with van der Waals surface area (Å²) in [6.07, 6.45) is 5.77. The lowest BCUT2D eigenvalue weighted by Gasteiger charge is -2.26. The molecule has 4 nitrogen and oxygen atoms in total. The second-order valence-electron chi connectivity index (χ2n) is 5.66. The Kier molecular flexibility index (Phi) is 2.54. The zero-order valence-corrected chi connectivity index (χ0v) is 9.56. The summed E-state index contributed by atoms with van der Waals surface area (Å²) in [6.45, 7) is 1.39. The highest BCUT2D eigenvalue weighted by Crippen LogP contribution is 2.44. The Morgan fingerprint density at radius 2 is 2.12 bits per heavy atom. The lowest BCUT2D eigenvalue weighted by atomic mass is 9.94. The summed E-state index contributed by atoms with van der Waals surface area (Å²) >= 11 is 0. The van der Waals surface area contributed by atoms with Gasteiger partial charge in [0.05, 0.1) is 0 Å². The van der Waals surface area contributed by atoms with E-state index in [0.29, 0.717) is 25.2 Å². The van der Waals surface area contributed by atoms with Gasteiger partial charge in [0.25, 0.3) is 0 Å². The van der Waals surface area contributed by atoms with Crippen molar-refractivity contribution in [3.8, 4) is 0 Å². The second-order valence-corrected chi connectivity index (χ2v) is 5.66. The lowest BCUT2D eigenvalue weighted by Crippen LogP contribution is -2.43. The Balaban J connectivity index is 1.51. The Labute approximate surface area is 96.0 Å². The van der Waals surface area contributed by atoms with Crippen molar-refractivity contribution in [3.63, 3.8) is 0 Å². The molecule has 16 heavy (non-hydrogen) atoms. The zero-order valence-electron chi connectivity index (χ0n) is 9.56. The van der Waals surface area contributed by atoms with Gasteiger partial charge in [-0.25, -0.2) is 4.79 Å². The predicted molar refractivity (Wildman–Crippen MR) is 60.4 cm³/mol. The molecule has 1 heterocycles. The molecular formula is C12H20N2O2. The Bertz CT molecular complexity index is 295. The number of likely N-dealkylation sites (tertiary alicyclic amines) is 1. The Hall–Kier alpha value is -0.770. The average molecular weight is 224 g/mol. The first-order valence-electron chi connectivity index (χ1n) is 6.46. The molecule has 3 rings (SSSR count). The van der Waals surface area contributed by atoms with Crippen LogP contribution in [0, 0.1) is 11.8 Å². The van der Waals surface area contributed by atoms with Crippen molar-refractivity contribution < 1.29 is 9.90 Å². The van der Waals surface area contributed by atoms with Gasteiger partial charge >= 0.3 is 6.09 Å². The van der Waals surface area contributed by atoms with Gasteiger partial charge in [-0.15, -0.1) is 0 Å². The van der Waals surface area contributed by atoms with Crippen molar-refractivity contribution in [1.82, 2.24) is 10.2 Å². The van der Waals surface area contributed by atoms with Crippen LogP contribution < -0.4 is 5.32 Å². The molecule has 0 spiro atoms. The number of nitrogens with one attached hydrogen (secondary N) is 1. The van der Waals surface area contributed by atoms with E-state index in [0.717, 1.165) is 18.3 Å². The van der Waals surface area contributed by atoms with Crippen LogP contribution in [0.15, 0.2) is 0 Å². The third-order valence-electron chi connectivity index (χ3n) is 4.65. The minimum Gasteiger partial charge on any atom is -0.465 e. The summed E-state index contributed by atoms with van der Waals surface area (Å²) in [7, 11) is 0. The van der Waals surface area contributed by atoms with Crippen molar-refractivity contribution in [1.29, 1.82) is 0 Å². The van der Waals surface area contributed by atoms with Crippen LogP contribution in [-0.4, -0.2) is 41.3 Å². The Morgan fingerprint density at radius 3 is 2.69 bits per heavy atom. The third-order valence-corrected chi connectivity index (χ3v) is 4.65. The van der Waals surface area contributed by atoms with Gasteiger partial charge in [-0.05, 0) is 37.5 Å². The van der Waals surface area contributed by atoms with Gasteiger partial charge in [-0.1, -0.05) is 6.42 Å². The first-order chi connectivity index (χ1) is 7.72. The summed E-state index contributed by atoms with van der Waals surface area (Å²) < 4.78 is 0. The van der Waals surface area contributed by atoms with E-state index in [1.165, 1.54) is 30.6 Å². The van der Waals surface area contributed by atoms with Gasteiger partial charge in [-0.2, -0.15) is 0 Å². The van der Waals surface area contributed by atoms with E-state index in [9.17, 15) is 4.79 Å². The average Bonchev–Trinajstić information content (AvgIpc) is 2.91. The largest absolute Gasteiger partial charge is 0.465 e. The van der Waals surface area contributed by atoms with Crippen LogP contribution in [-0.2, 0) is 0 Å². The van der Waals surface area contributed by atoms with Crippen LogP contribution in [0.2, 0.25) is 0 Å². The van der Waals surface area contributed by atoms with Crippen molar-refractivity contribution in [2.75, 3.05) is 13.1 Å². The first-order valence-corrected chi connectivity index (χ1v) is 6.46. The number of rotatable bonds is 2. The smallest absolute Gasteiger partial charge is 0.407 e. The molecule has 1 saturated heterocycles. The number of hydrogen-bond acceptors (Lipinski definition) is 2. The van der Waals surface area contributed by atoms with Crippen LogP contribution in [0.25, 0.3) is 0 Å². The molecule has 3 aliphatic rings. The highest BCUT2D eigenvalue weighted by atomic mass is 16.4. The second kappa shape index (κ2) is 3.91. The molecule has 0 aromatic carbocycles. The van der Waals surface area contributed by atoms with Crippen LogP contribution in [0.1, 0.15) is 32.1 Å². The number of hydrogen-bond donors (Lipinski definition) is 2. The van der Waals surface area contributed by atoms with Crippen molar-refractivity contribution in [2.45, 2.75) is 44.2 Å². The summed E-state index contributed by atoms with van der Waals surface area (Å²) in [5, 5.41) is 12.6. The zero-order chi connectivity index (χ0) is 11.1. The monoisotopic (exact) mass is 224 g/mol. The maximum Gasteiger partial charge on any atom is 0.407 e. The van der Waals surface area contributed by atoms with Crippen LogP contribution in [0.4, 0.5) is 4.79 Å². The highest BCUT2D eigenvalue weighted by Gasteiger charge is 2.40. The van der Waals surface area contributed by atoms with Crippen molar-refractivity contribution >= 4 is 6.09 Å². The maximum absolute atomic E-state index is 10.8.